The molecule has 13 unspecified atom stereocenters. The van der Waals surface area contributed by atoms with E-state index >= 15 is 0 Å². The van der Waals surface area contributed by atoms with Gasteiger partial charge in [0.2, 0.25) is 12.6 Å². The molecule has 0 aromatic heterocycles. The predicted molar refractivity (Wildman–Crippen MR) is 163 cm³/mol. The Kier molecular flexibility index (Phi) is 11.9. The Balaban J connectivity index is 1.30. The van der Waals surface area contributed by atoms with Crippen LogP contribution in [-0.4, -0.2) is 159 Å². The van der Waals surface area contributed by atoms with Crippen LogP contribution in [0.5, 0.6) is 23.0 Å². The Morgan fingerprint density at radius 2 is 1.16 bits per heavy atom. The van der Waals surface area contributed by atoms with Gasteiger partial charge in [-0.2, -0.15) is 0 Å². The molecule has 0 amide bonds. The van der Waals surface area contributed by atoms with Crippen LogP contribution in [0.15, 0.2) is 36.4 Å². The minimum absolute atomic E-state index is 0.0147. The van der Waals surface area contributed by atoms with E-state index in [1.807, 2.05) is 0 Å². The SMILES string of the molecule is COc1cc(CC2(O)COC(c3ccc(OC4OC(CO)C(O)C(O)C4O)c(OC)c3)C2CO)ccc1OC1OC(CO)C(O)C(O)C1O. The lowest BCUT2D eigenvalue weighted by molar-refractivity contribution is -0.277. The molecule has 5 rings (SSSR count). The van der Waals surface area contributed by atoms with E-state index in [9.17, 15) is 51.1 Å². The van der Waals surface area contributed by atoms with Crippen LogP contribution >= 0.6 is 0 Å². The summed E-state index contributed by atoms with van der Waals surface area (Å²) in [6.07, 6.45) is -15.6. The van der Waals surface area contributed by atoms with Gasteiger partial charge in [-0.25, -0.2) is 0 Å². The van der Waals surface area contributed by atoms with Gasteiger partial charge < -0.3 is 84.2 Å². The first-order valence-electron chi connectivity index (χ1n) is 15.6. The Morgan fingerprint density at radius 1 is 0.653 bits per heavy atom. The standard InChI is InChI=1S/C32H44O17/c1-43-19-7-14(3-5-17(19)46-30-27(40)25(38)23(36)21(11-34)48-30)9-32(42)13-45-29(16(32)10-33)15-4-6-18(20(8-15)44-2)47-31-28(41)26(39)24(37)22(12-35)49-31/h3-8,16,21-31,33-42H,9-13H2,1-2H3. The summed E-state index contributed by atoms with van der Waals surface area (Å²) in [5.41, 5.74) is -0.457. The molecule has 0 aliphatic carbocycles. The molecule has 2 aromatic carbocycles. The summed E-state index contributed by atoms with van der Waals surface area (Å²) in [5, 5.41) is 102. The van der Waals surface area contributed by atoms with Gasteiger partial charge in [0.15, 0.2) is 23.0 Å². The maximum Gasteiger partial charge on any atom is 0.229 e. The normalized spacial score (nSPS) is 37.9. The second-order valence-corrected chi connectivity index (χ2v) is 12.3. The van der Waals surface area contributed by atoms with E-state index in [0.29, 0.717) is 11.1 Å². The summed E-state index contributed by atoms with van der Waals surface area (Å²) >= 11 is 0. The lowest BCUT2D eigenvalue weighted by Crippen LogP contribution is -2.60. The van der Waals surface area contributed by atoms with Crippen molar-refractivity contribution < 1.29 is 84.2 Å². The lowest BCUT2D eigenvalue weighted by atomic mass is 9.80. The maximum atomic E-state index is 11.7. The van der Waals surface area contributed by atoms with Crippen LogP contribution in [0.3, 0.4) is 0 Å². The number of ether oxygens (including phenoxy) is 7. The molecule has 49 heavy (non-hydrogen) atoms. The van der Waals surface area contributed by atoms with Crippen molar-refractivity contribution in [3.05, 3.63) is 47.5 Å². The number of aliphatic hydroxyl groups is 10. The fourth-order valence-electron chi connectivity index (χ4n) is 6.33. The molecule has 3 heterocycles. The zero-order valence-corrected chi connectivity index (χ0v) is 26.8. The highest BCUT2D eigenvalue weighted by atomic mass is 16.7. The van der Waals surface area contributed by atoms with Gasteiger partial charge in [0.1, 0.15) is 48.8 Å². The van der Waals surface area contributed by atoms with Crippen LogP contribution in [0.25, 0.3) is 0 Å². The minimum atomic E-state index is -1.64. The van der Waals surface area contributed by atoms with Crippen LogP contribution in [0.2, 0.25) is 0 Å². The van der Waals surface area contributed by atoms with Gasteiger partial charge in [-0.05, 0) is 35.4 Å². The zero-order valence-electron chi connectivity index (χ0n) is 26.8. The summed E-state index contributed by atoms with van der Waals surface area (Å²) < 4.78 is 39.2. The van der Waals surface area contributed by atoms with Crippen molar-refractivity contribution in [3.8, 4) is 23.0 Å². The van der Waals surface area contributed by atoms with Crippen molar-refractivity contribution >= 4 is 0 Å². The third-order valence-corrected chi connectivity index (χ3v) is 9.20. The van der Waals surface area contributed by atoms with Crippen molar-refractivity contribution in [1.82, 2.24) is 0 Å². The average Bonchev–Trinajstić information content (AvgIpc) is 3.44. The zero-order chi connectivity index (χ0) is 35.6. The van der Waals surface area contributed by atoms with E-state index in [0.717, 1.165) is 0 Å². The number of hydrogen-bond donors (Lipinski definition) is 10. The fraction of sp³-hybridized carbons (Fsp3) is 0.625. The van der Waals surface area contributed by atoms with Crippen molar-refractivity contribution in [3.63, 3.8) is 0 Å². The quantitative estimate of drug-likeness (QED) is 0.104. The summed E-state index contributed by atoms with van der Waals surface area (Å²) in [5.74, 6) is -0.244. The molecular formula is C32H44O17. The molecule has 3 saturated heterocycles. The van der Waals surface area contributed by atoms with Crippen LogP contribution in [-0.2, 0) is 20.6 Å². The molecule has 17 heteroatoms. The highest BCUT2D eigenvalue weighted by Gasteiger charge is 2.50. The van der Waals surface area contributed by atoms with Gasteiger partial charge in [0.05, 0.1) is 52.4 Å². The van der Waals surface area contributed by atoms with Crippen LogP contribution in [0.1, 0.15) is 17.2 Å². The molecule has 274 valence electrons. The fourth-order valence-corrected chi connectivity index (χ4v) is 6.33. The van der Waals surface area contributed by atoms with Crippen LogP contribution in [0.4, 0.5) is 0 Å². The maximum absolute atomic E-state index is 11.7. The summed E-state index contributed by atoms with van der Waals surface area (Å²) in [7, 11) is 2.74. The Morgan fingerprint density at radius 3 is 1.65 bits per heavy atom. The number of hydrogen-bond acceptors (Lipinski definition) is 17. The van der Waals surface area contributed by atoms with Crippen molar-refractivity contribution in [2.75, 3.05) is 40.6 Å². The largest absolute Gasteiger partial charge is 0.493 e. The monoisotopic (exact) mass is 700 g/mol. The van der Waals surface area contributed by atoms with Crippen molar-refractivity contribution in [2.24, 2.45) is 5.92 Å². The molecular weight excluding hydrogens is 656 g/mol. The Labute approximate surface area is 281 Å². The molecule has 3 aliphatic heterocycles. The van der Waals surface area contributed by atoms with Gasteiger partial charge >= 0.3 is 0 Å². The lowest BCUT2D eigenvalue weighted by Gasteiger charge is -2.39. The topological polar surface area (TPSA) is 267 Å². The van der Waals surface area contributed by atoms with E-state index in [1.54, 1.807) is 24.3 Å². The third-order valence-electron chi connectivity index (χ3n) is 9.20. The van der Waals surface area contributed by atoms with Crippen LogP contribution in [0, 0.1) is 5.92 Å². The second-order valence-electron chi connectivity index (χ2n) is 12.3. The smallest absolute Gasteiger partial charge is 0.229 e. The average molecular weight is 701 g/mol. The Bertz CT molecular complexity index is 1390. The molecule has 0 bridgehead atoms. The molecule has 0 radical (unpaired) electrons. The molecule has 0 saturated carbocycles. The molecule has 2 aromatic rings. The molecule has 0 spiro atoms. The first-order valence-corrected chi connectivity index (χ1v) is 15.6. The van der Waals surface area contributed by atoms with Crippen LogP contribution < -0.4 is 18.9 Å². The summed E-state index contributed by atoms with van der Waals surface area (Å²) in [6, 6.07) is 9.36. The molecule has 3 fully saturated rings. The first-order chi connectivity index (χ1) is 23.4. The third kappa shape index (κ3) is 7.45. The minimum Gasteiger partial charge on any atom is -0.493 e. The molecule has 13 atom stereocenters. The molecule has 17 nitrogen and oxygen atoms in total. The van der Waals surface area contributed by atoms with Gasteiger partial charge in [-0.3, -0.25) is 0 Å². The van der Waals surface area contributed by atoms with E-state index in [4.69, 9.17) is 33.2 Å². The van der Waals surface area contributed by atoms with Crippen molar-refractivity contribution in [1.29, 1.82) is 0 Å². The van der Waals surface area contributed by atoms with Gasteiger partial charge in [0.25, 0.3) is 0 Å². The van der Waals surface area contributed by atoms with E-state index in [-0.39, 0.29) is 36.0 Å². The van der Waals surface area contributed by atoms with Crippen molar-refractivity contribution in [2.45, 2.75) is 79.5 Å². The van der Waals surface area contributed by atoms with Gasteiger partial charge in [0, 0.05) is 12.3 Å². The highest BCUT2D eigenvalue weighted by Crippen LogP contribution is 2.45. The van der Waals surface area contributed by atoms with E-state index < -0.39 is 98.9 Å². The van der Waals surface area contributed by atoms with Gasteiger partial charge in [-0.15, -0.1) is 0 Å². The van der Waals surface area contributed by atoms with E-state index in [1.165, 1.54) is 26.4 Å². The number of rotatable bonds is 12. The number of aliphatic hydroxyl groups excluding tert-OH is 9. The summed E-state index contributed by atoms with van der Waals surface area (Å²) in [6.45, 7) is -1.86. The predicted octanol–water partition coefficient (Wildman–Crippen LogP) is -3.29. The molecule has 10 N–H and O–H groups in total. The number of benzene rings is 2. The van der Waals surface area contributed by atoms with E-state index in [2.05, 4.69) is 0 Å². The first kappa shape index (κ1) is 37.4. The highest BCUT2D eigenvalue weighted by molar-refractivity contribution is 5.45. The second kappa shape index (κ2) is 15.6. The number of methoxy groups -OCH3 is 2. The van der Waals surface area contributed by atoms with Gasteiger partial charge in [-0.1, -0.05) is 12.1 Å². The molecule has 3 aliphatic rings. The Hall–Kier alpha value is -2.88. The summed E-state index contributed by atoms with van der Waals surface area (Å²) in [4.78, 5) is 0.